The van der Waals surface area contributed by atoms with E-state index in [1.165, 1.54) is 19.3 Å². The van der Waals surface area contributed by atoms with Gasteiger partial charge < -0.3 is 10.2 Å². The van der Waals surface area contributed by atoms with Crippen molar-refractivity contribution in [1.29, 1.82) is 0 Å². The van der Waals surface area contributed by atoms with Crippen molar-refractivity contribution >= 4 is 17.8 Å². The van der Waals surface area contributed by atoms with Crippen LogP contribution < -0.4 is 5.32 Å². The van der Waals surface area contributed by atoms with Crippen LogP contribution in [0.3, 0.4) is 0 Å². The first-order valence-electron chi connectivity index (χ1n) is 6.17. The van der Waals surface area contributed by atoms with E-state index in [0.717, 1.165) is 18.6 Å². The highest BCUT2D eigenvalue weighted by atomic mass is 32.2. The smallest absolute Gasteiger partial charge is 0.317 e. The van der Waals surface area contributed by atoms with Gasteiger partial charge in [-0.3, -0.25) is 0 Å². The van der Waals surface area contributed by atoms with Gasteiger partial charge in [0.25, 0.3) is 0 Å². The molecule has 1 rings (SSSR count). The molecule has 1 atom stereocenters. The largest absolute Gasteiger partial charge is 0.335 e. The van der Waals surface area contributed by atoms with Crippen molar-refractivity contribution in [3.05, 3.63) is 0 Å². The number of carbonyl (C=O) groups excluding carboxylic acids is 1. The second-order valence-corrected chi connectivity index (χ2v) is 5.61. The third kappa shape index (κ3) is 4.24. The first-order valence-corrected chi connectivity index (χ1v) is 7.56. The van der Waals surface area contributed by atoms with Crippen molar-refractivity contribution in [2.75, 3.05) is 19.1 Å². The van der Waals surface area contributed by atoms with E-state index in [4.69, 9.17) is 0 Å². The summed E-state index contributed by atoms with van der Waals surface area (Å²) in [5.41, 5.74) is 0. The average molecular weight is 244 g/mol. The summed E-state index contributed by atoms with van der Waals surface area (Å²) in [6.45, 7) is 2.09. The first kappa shape index (κ1) is 13.7. The van der Waals surface area contributed by atoms with E-state index in [0.29, 0.717) is 12.1 Å². The molecule has 0 saturated heterocycles. The van der Waals surface area contributed by atoms with Gasteiger partial charge in [-0.05, 0) is 26.0 Å². The second kappa shape index (κ2) is 7.05. The molecule has 0 radical (unpaired) electrons. The Morgan fingerprint density at radius 3 is 2.62 bits per heavy atom. The molecule has 1 aliphatic rings. The van der Waals surface area contributed by atoms with Crippen molar-refractivity contribution in [2.24, 2.45) is 0 Å². The lowest BCUT2D eigenvalue weighted by Crippen LogP contribution is -2.47. The molecular formula is C12H24N2OS. The van der Waals surface area contributed by atoms with Gasteiger partial charge in [-0.25, -0.2) is 4.79 Å². The van der Waals surface area contributed by atoms with Gasteiger partial charge >= 0.3 is 6.03 Å². The molecule has 0 aromatic carbocycles. The molecule has 0 spiro atoms. The summed E-state index contributed by atoms with van der Waals surface area (Å²) in [7, 11) is 1.89. The number of nitrogens with zero attached hydrogens (tertiary/aromatic N) is 1. The standard InChI is InChI=1S/C12H24N2OS/c1-10(9-16-3)14(2)12(15)13-11-7-5-4-6-8-11/h10-11H,4-9H2,1-3H3,(H,13,15). The number of urea groups is 1. The normalized spacial score (nSPS) is 19.2. The van der Waals surface area contributed by atoms with E-state index < -0.39 is 0 Å². The van der Waals surface area contributed by atoms with Gasteiger partial charge in [-0.15, -0.1) is 0 Å². The number of rotatable bonds is 4. The zero-order valence-corrected chi connectivity index (χ0v) is 11.5. The van der Waals surface area contributed by atoms with Crippen molar-refractivity contribution in [3.8, 4) is 0 Å². The molecule has 1 fully saturated rings. The number of thioether (sulfide) groups is 1. The Balaban J connectivity index is 2.32. The highest BCUT2D eigenvalue weighted by molar-refractivity contribution is 7.98. The Kier molecular flexibility index (Phi) is 6.03. The summed E-state index contributed by atoms with van der Waals surface area (Å²) in [4.78, 5) is 13.8. The quantitative estimate of drug-likeness (QED) is 0.824. The zero-order valence-electron chi connectivity index (χ0n) is 10.7. The van der Waals surface area contributed by atoms with Gasteiger partial charge in [0, 0.05) is 24.9 Å². The summed E-state index contributed by atoms with van der Waals surface area (Å²) < 4.78 is 0. The van der Waals surface area contributed by atoms with Gasteiger partial charge in [-0.1, -0.05) is 19.3 Å². The van der Waals surface area contributed by atoms with E-state index in [1.54, 1.807) is 11.8 Å². The van der Waals surface area contributed by atoms with Crippen LogP contribution >= 0.6 is 11.8 Å². The van der Waals surface area contributed by atoms with Crippen LogP contribution in [0.2, 0.25) is 0 Å². The molecule has 1 unspecified atom stereocenters. The Morgan fingerprint density at radius 2 is 2.06 bits per heavy atom. The molecule has 1 aliphatic carbocycles. The van der Waals surface area contributed by atoms with E-state index in [1.807, 2.05) is 11.9 Å². The molecule has 0 bridgehead atoms. The lowest BCUT2D eigenvalue weighted by atomic mass is 9.96. The average Bonchev–Trinajstić information content (AvgIpc) is 2.29. The number of hydrogen-bond donors (Lipinski definition) is 1. The first-order chi connectivity index (χ1) is 7.65. The van der Waals surface area contributed by atoms with E-state index in [9.17, 15) is 4.79 Å². The van der Waals surface area contributed by atoms with Crippen LogP contribution in [-0.4, -0.2) is 42.1 Å². The van der Waals surface area contributed by atoms with Crippen LogP contribution in [0.25, 0.3) is 0 Å². The van der Waals surface area contributed by atoms with Gasteiger partial charge in [0.05, 0.1) is 0 Å². The third-order valence-corrected chi connectivity index (χ3v) is 4.14. The summed E-state index contributed by atoms with van der Waals surface area (Å²) >= 11 is 1.78. The molecule has 0 heterocycles. The molecule has 4 heteroatoms. The second-order valence-electron chi connectivity index (χ2n) is 4.70. The van der Waals surface area contributed by atoms with Crippen LogP contribution in [0.15, 0.2) is 0 Å². The van der Waals surface area contributed by atoms with Crippen LogP contribution in [0.5, 0.6) is 0 Å². The third-order valence-electron chi connectivity index (χ3n) is 3.32. The molecule has 0 aliphatic heterocycles. The van der Waals surface area contributed by atoms with Crippen LogP contribution in [0.4, 0.5) is 4.79 Å². The highest BCUT2D eigenvalue weighted by Crippen LogP contribution is 2.17. The Bertz CT molecular complexity index is 217. The van der Waals surface area contributed by atoms with Crippen molar-refractivity contribution in [2.45, 2.75) is 51.1 Å². The molecule has 1 saturated carbocycles. The van der Waals surface area contributed by atoms with Gasteiger partial charge in [0.2, 0.25) is 0 Å². The zero-order chi connectivity index (χ0) is 12.0. The summed E-state index contributed by atoms with van der Waals surface area (Å²) in [6, 6.07) is 0.803. The van der Waals surface area contributed by atoms with Crippen LogP contribution in [-0.2, 0) is 0 Å². The topological polar surface area (TPSA) is 32.3 Å². The van der Waals surface area contributed by atoms with Crippen molar-refractivity contribution < 1.29 is 4.79 Å². The maximum Gasteiger partial charge on any atom is 0.317 e. The maximum absolute atomic E-state index is 11.9. The molecule has 94 valence electrons. The predicted octanol–water partition coefficient (Wildman–Crippen LogP) is 2.71. The minimum atomic E-state index is 0.0912. The minimum Gasteiger partial charge on any atom is -0.335 e. The molecule has 16 heavy (non-hydrogen) atoms. The van der Waals surface area contributed by atoms with E-state index in [2.05, 4.69) is 18.5 Å². The van der Waals surface area contributed by atoms with Gasteiger partial charge in [0.15, 0.2) is 0 Å². The van der Waals surface area contributed by atoms with Crippen LogP contribution in [0.1, 0.15) is 39.0 Å². The molecule has 0 aromatic rings. The molecule has 0 aromatic heterocycles. The number of hydrogen-bond acceptors (Lipinski definition) is 2. The van der Waals surface area contributed by atoms with Crippen LogP contribution in [0, 0.1) is 0 Å². The monoisotopic (exact) mass is 244 g/mol. The molecule has 1 N–H and O–H groups in total. The van der Waals surface area contributed by atoms with Crippen molar-refractivity contribution in [3.63, 3.8) is 0 Å². The summed E-state index contributed by atoms with van der Waals surface area (Å²) in [5, 5.41) is 3.14. The highest BCUT2D eigenvalue weighted by Gasteiger charge is 2.20. The SMILES string of the molecule is CSCC(C)N(C)C(=O)NC1CCCCC1. The minimum absolute atomic E-state index is 0.0912. The molecule has 3 nitrogen and oxygen atoms in total. The number of amides is 2. The van der Waals surface area contributed by atoms with Gasteiger partial charge in [0.1, 0.15) is 0 Å². The van der Waals surface area contributed by atoms with E-state index >= 15 is 0 Å². The fraction of sp³-hybridized carbons (Fsp3) is 0.917. The molecule has 2 amide bonds. The maximum atomic E-state index is 11.9. The fourth-order valence-electron chi connectivity index (χ4n) is 2.08. The summed E-state index contributed by atoms with van der Waals surface area (Å²) in [6.07, 6.45) is 8.21. The predicted molar refractivity (Wildman–Crippen MR) is 71.0 cm³/mol. The number of nitrogens with one attached hydrogen (secondary N) is 1. The fourth-order valence-corrected chi connectivity index (χ4v) is 2.78. The Hall–Kier alpha value is -0.380. The summed E-state index contributed by atoms with van der Waals surface area (Å²) in [5.74, 6) is 0.995. The Labute approximate surface area is 103 Å². The van der Waals surface area contributed by atoms with Gasteiger partial charge in [-0.2, -0.15) is 11.8 Å². The van der Waals surface area contributed by atoms with E-state index in [-0.39, 0.29) is 6.03 Å². The molecular weight excluding hydrogens is 220 g/mol. The Morgan fingerprint density at radius 1 is 1.44 bits per heavy atom. The lowest BCUT2D eigenvalue weighted by molar-refractivity contribution is 0.190. The van der Waals surface area contributed by atoms with Crippen molar-refractivity contribution in [1.82, 2.24) is 10.2 Å². The number of carbonyl (C=O) groups is 1. The lowest BCUT2D eigenvalue weighted by Gasteiger charge is -2.29.